The summed E-state index contributed by atoms with van der Waals surface area (Å²) in [5.74, 6) is 0. The molecule has 2 aromatic heterocycles. The Balaban J connectivity index is 1.91. The fraction of sp³-hybridized carbons (Fsp3) is 0.381. The van der Waals surface area contributed by atoms with Crippen molar-refractivity contribution < 1.29 is 0 Å². The Hall–Kier alpha value is -2.09. The molecule has 0 saturated carbocycles. The second kappa shape index (κ2) is 5.52. The molecule has 0 aliphatic rings. The van der Waals surface area contributed by atoms with Crippen molar-refractivity contribution in [3.63, 3.8) is 0 Å². The van der Waals surface area contributed by atoms with Gasteiger partial charge >= 0.3 is 0 Å². The Morgan fingerprint density at radius 2 is 1.74 bits per heavy atom. The minimum absolute atomic E-state index is 0.0783. The minimum Gasteiger partial charge on any atom is -0.307 e. The molecule has 0 saturated heterocycles. The number of imidazole rings is 1. The van der Waals surface area contributed by atoms with Crippen LogP contribution in [0, 0.1) is 0 Å². The highest BCUT2D eigenvalue weighted by Crippen LogP contribution is 2.30. The topological polar surface area (TPSA) is 17.3 Å². The number of nitrogens with zero attached hydrogens (tertiary/aromatic N) is 2. The highest BCUT2D eigenvalue weighted by atomic mass is 15.0. The van der Waals surface area contributed by atoms with Crippen LogP contribution in [0.2, 0.25) is 0 Å². The summed E-state index contributed by atoms with van der Waals surface area (Å²) in [5.41, 5.74) is 5.40. The van der Waals surface area contributed by atoms with Crippen molar-refractivity contribution in [2.75, 3.05) is 0 Å². The molecule has 0 unspecified atom stereocenters. The average molecular weight is 306 g/mol. The Morgan fingerprint density at radius 1 is 0.957 bits per heavy atom. The van der Waals surface area contributed by atoms with E-state index in [-0.39, 0.29) is 10.8 Å². The molecule has 2 heterocycles. The first-order chi connectivity index (χ1) is 10.8. The quantitative estimate of drug-likeness (QED) is 0.654. The van der Waals surface area contributed by atoms with E-state index in [2.05, 4.69) is 86.6 Å². The van der Waals surface area contributed by atoms with Gasteiger partial charge in [0.05, 0.1) is 0 Å². The molecule has 2 heteroatoms. The zero-order valence-electron chi connectivity index (χ0n) is 14.8. The van der Waals surface area contributed by atoms with Crippen LogP contribution in [-0.4, -0.2) is 9.38 Å². The molecule has 0 N–H and O–H groups in total. The zero-order chi connectivity index (χ0) is 16.7. The summed E-state index contributed by atoms with van der Waals surface area (Å²) in [6, 6.07) is 13.3. The van der Waals surface area contributed by atoms with Crippen LogP contribution < -0.4 is 0 Å². The van der Waals surface area contributed by atoms with E-state index in [0.29, 0.717) is 0 Å². The minimum atomic E-state index is 0.0783. The number of fused-ring (bicyclic) bond motifs is 1. The van der Waals surface area contributed by atoms with Gasteiger partial charge in [0.25, 0.3) is 0 Å². The van der Waals surface area contributed by atoms with Gasteiger partial charge in [-0.05, 0) is 40.0 Å². The summed E-state index contributed by atoms with van der Waals surface area (Å²) in [6.07, 6.45) is 7.08. The highest BCUT2D eigenvalue weighted by molar-refractivity contribution is 5.41. The highest BCUT2D eigenvalue weighted by Gasteiger charge is 2.23. The van der Waals surface area contributed by atoms with Gasteiger partial charge in [0.15, 0.2) is 0 Å². The molecule has 0 bridgehead atoms. The maximum Gasteiger partial charge on any atom is 0.136 e. The van der Waals surface area contributed by atoms with Gasteiger partial charge in [0.2, 0.25) is 0 Å². The maximum atomic E-state index is 4.33. The summed E-state index contributed by atoms with van der Waals surface area (Å²) in [5, 5.41) is 0. The van der Waals surface area contributed by atoms with Crippen LogP contribution in [0.1, 0.15) is 51.3 Å². The standard InChI is InChI=1S/C21H26N2/c1-20(2,3)17-8-6-7-16(13-17)14-21(4,5)18-9-10-19-22-11-12-23(19)15-18/h6-13,15H,14H2,1-5H3. The van der Waals surface area contributed by atoms with E-state index in [1.807, 2.05) is 12.4 Å². The van der Waals surface area contributed by atoms with Crippen LogP contribution in [0.4, 0.5) is 0 Å². The van der Waals surface area contributed by atoms with Crippen LogP contribution >= 0.6 is 0 Å². The molecule has 120 valence electrons. The van der Waals surface area contributed by atoms with Crippen molar-refractivity contribution in [2.45, 2.75) is 51.9 Å². The largest absolute Gasteiger partial charge is 0.307 e. The predicted octanol–water partition coefficient (Wildman–Crippen LogP) is 5.15. The van der Waals surface area contributed by atoms with E-state index in [0.717, 1.165) is 12.1 Å². The lowest BCUT2D eigenvalue weighted by atomic mass is 9.78. The lowest BCUT2D eigenvalue weighted by molar-refractivity contribution is 0.517. The SMILES string of the molecule is CC(C)(C)c1cccc(CC(C)(C)c2ccc3nccn3c2)c1. The van der Waals surface area contributed by atoms with Crippen molar-refractivity contribution in [3.8, 4) is 0 Å². The van der Waals surface area contributed by atoms with E-state index >= 15 is 0 Å². The molecule has 3 aromatic rings. The Bertz CT molecular complexity index is 819. The number of hydrogen-bond acceptors (Lipinski definition) is 1. The first kappa shape index (κ1) is 15.8. The number of benzene rings is 1. The fourth-order valence-corrected chi connectivity index (χ4v) is 3.08. The van der Waals surface area contributed by atoms with Crippen LogP contribution in [-0.2, 0) is 17.3 Å². The van der Waals surface area contributed by atoms with Crippen molar-refractivity contribution in [1.29, 1.82) is 0 Å². The monoisotopic (exact) mass is 306 g/mol. The van der Waals surface area contributed by atoms with Gasteiger partial charge in [-0.1, -0.05) is 65.0 Å². The van der Waals surface area contributed by atoms with Crippen LogP contribution in [0.15, 0.2) is 55.0 Å². The predicted molar refractivity (Wildman–Crippen MR) is 97.1 cm³/mol. The molecule has 0 fully saturated rings. The molecule has 0 aliphatic carbocycles. The molecule has 1 aromatic carbocycles. The number of hydrogen-bond donors (Lipinski definition) is 0. The lowest BCUT2D eigenvalue weighted by Gasteiger charge is -2.27. The van der Waals surface area contributed by atoms with Gasteiger partial charge < -0.3 is 4.40 Å². The van der Waals surface area contributed by atoms with Crippen molar-refractivity contribution in [2.24, 2.45) is 0 Å². The van der Waals surface area contributed by atoms with Crippen molar-refractivity contribution in [1.82, 2.24) is 9.38 Å². The summed E-state index contributed by atoms with van der Waals surface area (Å²) >= 11 is 0. The second-order valence-corrected chi connectivity index (χ2v) is 8.12. The first-order valence-corrected chi connectivity index (χ1v) is 8.28. The third-order valence-corrected chi connectivity index (χ3v) is 4.61. The van der Waals surface area contributed by atoms with Crippen LogP contribution in [0.5, 0.6) is 0 Å². The first-order valence-electron chi connectivity index (χ1n) is 8.28. The molecule has 0 atom stereocenters. The lowest BCUT2D eigenvalue weighted by Crippen LogP contribution is -2.21. The van der Waals surface area contributed by atoms with Gasteiger partial charge in [-0.3, -0.25) is 0 Å². The Kier molecular flexibility index (Phi) is 3.79. The fourth-order valence-electron chi connectivity index (χ4n) is 3.08. The van der Waals surface area contributed by atoms with Gasteiger partial charge in [0.1, 0.15) is 5.65 Å². The Morgan fingerprint density at radius 3 is 2.48 bits per heavy atom. The molecule has 3 rings (SSSR count). The van der Waals surface area contributed by atoms with Crippen molar-refractivity contribution in [3.05, 3.63) is 71.7 Å². The van der Waals surface area contributed by atoms with Crippen LogP contribution in [0.3, 0.4) is 0 Å². The summed E-state index contributed by atoms with van der Waals surface area (Å²) < 4.78 is 2.10. The number of aromatic nitrogens is 2. The Labute approximate surface area is 139 Å². The van der Waals surface area contributed by atoms with Gasteiger partial charge in [-0.2, -0.15) is 0 Å². The van der Waals surface area contributed by atoms with Gasteiger partial charge in [0, 0.05) is 18.6 Å². The number of rotatable bonds is 3. The van der Waals surface area contributed by atoms with E-state index < -0.39 is 0 Å². The molecular formula is C21H26N2. The zero-order valence-corrected chi connectivity index (χ0v) is 14.8. The molecule has 2 nitrogen and oxygen atoms in total. The molecule has 0 radical (unpaired) electrons. The average Bonchev–Trinajstić information content (AvgIpc) is 2.93. The normalized spacial score (nSPS) is 12.7. The maximum absolute atomic E-state index is 4.33. The van der Waals surface area contributed by atoms with Gasteiger partial charge in [-0.15, -0.1) is 0 Å². The molecular weight excluding hydrogens is 280 g/mol. The van der Waals surface area contributed by atoms with E-state index in [9.17, 15) is 0 Å². The van der Waals surface area contributed by atoms with Gasteiger partial charge in [-0.25, -0.2) is 4.98 Å². The smallest absolute Gasteiger partial charge is 0.136 e. The summed E-state index contributed by atoms with van der Waals surface area (Å²) in [6.45, 7) is 11.4. The third-order valence-electron chi connectivity index (χ3n) is 4.61. The molecule has 0 aliphatic heterocycles. The number of pyridine rings is 1. The van der Waals surface area contributed by atoms with E-state index in [4.69, 9.17) is 0 Å². The molecule has 23 heavy (non-hydrogen) atoms. The summed E-state index contributed by atoms with van der Waals surface area (Å²) in [7, 11) is 0. The molecule has 0 amide bonds. The molecule has 0 spiro atoms. The third kappa shape index (κ3) is 3.31. The van der Waals surface area contributed by atoms with E-state index in [1.54, 1.807) is 0 Å². The van der Waals surface area contributed by atoms with Crippen molar-refractivity contribution >= 4 is 5.65 Å². The van der Waals surface area contributed by atoms with Crippen LogP contribution in [0.25, 0.3) is 5.65 Å². The second-order valence-electron chi connectivity index (χ2n) is 8.12. The van der Waals surface area contributed by atoms with E-state index in [1.165, 1.54) is 16.7 Å². The summed E-state index contributed by atoms with van der Waals surface area (Å²) in [4.78, 5) is 4.33.